The van der Waals surface area contributed by atoms with Crippen molar-refractivity contribution in [2.75, 3.05) is 13.2 Å². The van der Waals surface area contributed by atoms with Crippen LogP contribution in [0.25, 0.3) is 0 Å². The molecule has 3 saturated carbocycles. The number of fused-ring (bicyclic) bond motifs is 11. The van der Waals surface area contributed by atoms with Gasteiger partial charge in [-0.25, -0.2) is 8.78 Å². The first-order chi connectivity index (χ1) is 21.1. The first kappa shape index (κ1) is 31.7. The number of amides is 2. The molecule has 2 aromatic carbocycles. The number of rotatable bonds is 8. The second kappa shape index (κ2) is 13.9. The molecule has 0 aromatic heterocycles. The lowest BCUT2D eigenvalue weighted by molar-refractivity contribution is -0.286. The molecule has 1 unspecified atom stereocenters. The Morgan fingerprint density at radius 1 is 0.750 bits per heavy atom. The molecule has 8 nitrogen and oxygen atoms in total. The van der Waals surface area contributed by atoms with Crippen LogP contribution in [0.15, 0.2) is 36.4 Å². The minimum Gasteiger partial charge on any atom is -0.484 e. The van der Waals surface area contributed by atoms with E-state index in [4.69, 9.17) is 9.47 Å². The van der Waals surface area contributed by atoms with Gasteiger partial charge in [0.05, 0.1) is 0 Å². The van der Waals surface area contributed by atoms with Gasteiger partial charge in [-0.05, 0) is 55.9 Å². The predicted octanol–water partition coefficient (Wildman–Crippen LogP) is 6.41. The highest BCUT2D eigenvalue weighted by Gasteiger charge is 2.46. The molecular weight excluding hydrogens is 584 g/mol. The molecular formula is C32H38F4N2O6. The van der Waals surface area contributed by atoms with E-state index in [1.807, 2.05) is 0 Å². The molecule has 3 fully saturated rings. The monoisotopic (exact) mass is 622 g/mol. The largest absolute Gasteiger partial charge is 0.586 e. The molecule has 3 aliphatic carbocycles. The van der Waals surface area contributed by atoms with Crippen molar-refractivity contribution in [3.05, 3.63) is 48.0 Å². The van der Waals surface area contributed by atoms with E-state index in [9.17, 15) is 27.2 Å². The van der Waals surface area contributed by atoms with Crippen LogP contribution in [0, 0.1) is 17.6 Å². The Bertz CT molecular complexity index is 1320. The molecule has 12 heteroatoms. The van der Waals surface area contributed by atoms with Crippen molar-refractivity contribution in [3.8, 4) is 23.0 Å². The first-order valence-electron chi connectivity index (χ1n) is 15.3. The van der Waals surface area contributed by atoms with Crippen LogP contribution in [-0.2, 0) is 9.59 Å². The number of halogens is 4. The van der Waals surface area contributed by atoms with Crippen molar-refractivity contribution < 1.29 is 46.1 Å². The van der Waals surface area contributed by atoms with Crippen LogP contribution < -0.4 is 29.6 Å². The summed E-state index contributed by atoms with van der Waals surface area (Å²) in [5, 5.41) is 6.18. The number of hydrogen-bond acceptors (Lipinski definition) is 6. The molecule has 240 valence electrons. The fourth-order valence-corrected chi connectivity index (χ4v) is 6.46. The highest BCUT2D eigenvalue weighted by atomic mass is 19.3. The summed E-state index contributed by atoms with van der Waals surface area (Å²) < 4.78 is 73.3. The number of alkyl halides is 2. The van der Waals surface area contributed by atoms with E-state index in [0.29, 0.717) is 12.3 Å². The Morgan fingerprint density at radius 2 is 1.36 bits per heavy atom. The Labute approximate surface area is 253 Å². The van der Waals surface area contributed by atoms with E-state index < -0.39 is 29.4 Å². The molecule has 2 bridgehead atoms. The lowest BCUT2D eigenvalue weighted by atomic mass is 9.63. The van der Waals surface area contributed by atoms with Gasteiger partial charge in [-0.15, -0.1) is 8.78 Å². The van der Waals surface area contributed by atoms with Crippen LogP contribution in [0.3, 0.4) is 0 Å². The molecule has 1 atom stereocenters. The maximum atomic E-state index is 13.5. The van der Waals surface area contributed by atoms with Crippen molar-refractivity contribution in [2.45, 2.75) is 94.9 Å². The van der Waals surface area contributed by atoms with Crippen molar-refractivity contribution in [3.63, 3.8) is 0 Å². The van der Waals surface area contributed by atoms with E-state index in [1.165, 1.54) is 43.5 Å². The smallest absolute Gasteiger partial charge is 0.484 e. The summed E-state index contributed by atoms with van der Waals surface area (Å²) in [6.45, 7) is -0.694. The number of carbonyl (C=O) groups excluding carboxylic acids is 2. The average Bonchev–Trinajstić information content (AvgIpc) is 3.27. The number of benzene rings is 2. The van der Waals surface area contributed by atoms with Gasteiger partial charge >= 0.3 is 6.29 Å². The van der Waals surface area contributed by atoms with Gasteiger partial charge < -0.3 is 29.6 Å². The molecule has 0 spiro atoms. The van der Waals surface area contributed by atoms with Crippen molar-refractivity contribution in [1.82, 2.24) is 10.6 Å². The molecule has 6 rings (SSSR count). The van der Waals surface area contributed by atoms with Gasteiger partial charge in [0.15, 0.2) is 36.3 Å². The zero-order chi connectivity index (χ0) is 31.2. The molecule has 0 radical (unpaired) electrons. The van der Waals surface area contributed by atoms with Crippen LogP contribution >= 0.6 is 0 Å². The number of hydrogen-bond donors (Lipinski definition) is 2. The molecule has 44 heavy (non-hydrogen) atoms. The van der Waals surface area contributed by atoms with E-state index in [-0.39, 0.29) is 48.2 Å². The van der Waals surface area contributed by atoms with E-state index in [2.05, 4.69) is 20.1 Å². The van der Waals surface area contributed by atoms with Gasteiger partial charge in [0, 0.05) is 23.7 Å². The molecule has 2 amide bonds. The van der Waals surface area contributed by atoms with Gasteiger partial charge in [0.2, 0.25) is 0 Å². The fraction of sp³-hybridized carbons (Fsp3) is 0.562. The quantitative estimate of drug-likeness (QED) is 0.331. The van der Waals surface area contributed by atoms with Crippen molar-refractivity contribution >= 4 is 11.8 Å². The second-order valence-electron chi connectivity index (χ2n) is 12.1. The standard InChI is InChI=1S/C32H38F4N2O6/c33-25-12-10-23(14-26(25)34)41-19-29(39)37-22-9-7-5-3-1-2-4-6-8-21-16-31(17-21,18-22)38-30(40)20-42-24-11-13-27-28(15-24)44-32(35,36)43-27/h10-15,21-22H,1-9,16-20H2,(H,37,39)(H,38,40). The Hall–Kier alpha value is -3.70. The fourth-order valence-electron chi connectivity index (χ4n) is 6.46. The Kier molecular flexibility index (Phi) is 10.1. The summed E-state index contributed by atoms with van der Waals surface area (Å²) in [5.41, 5.74) is -0.537. The zero-order valence-electron chi connectivity index (χ0n) is 24.5. The maximum Gasteiger partial charge on any atom is 0.586 e. The van der Waals surface area contributed by atoms with Crippen LogP contribution in [0.4, 0.5) is 17.6 Å². The van der Waals surface area contributed by atoms with Crippen LogP contribution in [0.5, 0.6) is 23.0 Å². The lowest BCUT2D eigenvalue weighted by Gasteiger charge is -2.50. The molecule has 2 aromatic rings. The summed E-state index contributed by atoms with van der Waals surface area (Å²) >= 11 is 0. The van der Waals surface area contributed by atoms with Crippen LogP contribution in [0.1, 0.15) is 77.0 Å². The molecule has 1 aliphatic heterocycles. The van der Waals surface area contributed by atoms with Crippen LogP contribution in [0.2, 0.25) is 0 Å². The lowest BCUT2D eigenvalue weighted by Crippen LogP contribution is -2.61. The summed E-state index contributed by atoms with van der Waals surface area (Å²) in [7, 11) is 0. The third kappa shape index (κ3) is 8.69. The van der Waals surface area contributed by atoms with Gasteiger partial charge in [-0.3, -0.25) is 9.59 Å². The SMILES string of the molecule is O=C(COc1ccc(F)c(F)c1)NC1CCCCCCCCCC2CC(NC(=O)COc3ccc4c(c3)OC(F)(F)O4)(C2)C1. The predicted molar refractivity (Wildman–Crippen MR) is 152 cm³/mol. The molecule has 4 aliphatic rings. The molecule has 1 heterocycles. The maximum absolute atomic E-state index is 13.5. The van der Waals surface area contributed by atoms with Gasteiger partial charge in [-0.2, -0.15) is 0 Å². The minimum atomic E-state index is -3.75. The highest BCUT2D eigenvalue weighted by Crippen LogP contribution is 2.45. The molecule has 2 N–H and O–H groups in total. The summed E-state index contributed by atoms with van der Waals surface area (Å²) in [6, 6.07) is 6.81. The van der Waals surface area contributed by atoms with E-state index in [1.54, 1.807) is 0 Å². The second-order valence-corrected chi connectivity index (χ2v) is 12.1. The van der Waals surface area contributed by atoms with E-state index in [0.717, 1.165) is 63.5 Å². The third-order valence-electron chi connectivity index (χ3n) is 8.43. The van der Waals surface area contributed by atoms with Crippen molar-refractivity contribution in [2.24, 2.45) is 5.92 Å². The third-order valence-corrected chi connectivity index (χ3v) is 8.43. The highest BCUT2D eigenvalue weighted by molar-refractivity contribution is 5.79. The van der Waals surface area contributed by atoms with Gasteiger partial charge in [0.25, 0.3) is 11.8 Å². The number of ether oxygens (including phenoxy) is 4. The van der Waals surface area contributed by atoms with Crippen LogP contribution in [-0.4, -0.2) is 42.9 Å². The molecule has 0 saturated heterocycles. The summed E-state index contributed by atoms with van der Waals surface area (Å²) in [5.74, 6) is -2.42. The zero-order valence-corrected chi connectivity index (χ0v) is 24.5. The normalized spacial score (nSPS) is 24.7. The summed E-state index contributed by atoms with van der Waals surface area (Å²) in [6.07, 6.45) is 7.92. The van der Waals surface area contributed by atoms with Gasteiger partial charge in [0.1, 0.15) is 11.5 Å². The number of nitrogens with one attached hydrogen (secondary N) is 2. The Balaban J connectivity index is 1.20. The van der Waals surface area contributed by atoms with Gasteiger partial charge in [-0.1, -0.05) is 51.4 Å². The topological polar surface area (TPSA) is 95.1 Å². The first-order valence-corrected chi connectivity index (χ1v) is 15.3. The van der Waals surface area contributed by atoms with Crippen molar-refractivity contribution in [1.29, 1.82) is 0 Å². The minimum absolute atomic E-state index is 0.0480. The van der Waals surface area contributed by atoms with E-state index >= 15 is 0 Å². The number of carbonyl (C=O) groups is 2. The average molecular weight is 623 g/mol. The summed E-state index contributed by atoms with van der Waals surface area (Å²) in [4.78, 5) is 26.0. The Morgan fingerprint density at radius 3 is 2.09 bits per heavy atom.